The fourth-order valence-corrected chi connectivity index (χ4v) is 3.07. The van der Waals surface area contributed by atoms with Gasteiger partial charge in [-0.15, -0.1) is 0 Å². The molecule has 1 aliphatic carbocycles. The average molecular weight is 243 g/mol. The molecule has 0 saturated heterocycles. The van der Waals surface area contributed by atoms with Gasteiger partial charge in [0.2, 0.25) is 0 Å². The van der Waals surface area contributed by atoms with E-state index in [2.05, 4.69) is 25.7 Å². The Morgan fingerprint density at radius 1 is 1.29 bits per heavy atom. The Labute approximate surface area is 106 Å². The molecule has 17 heavy (non-hydrogen) atoms. The summed E-state index contributed by atoms with van der Waals surface area (Å²) in [7, 11) is 1.74. The molecule has 4 atom stereocenters. The molecule has 3 nitrogen and oxygen atoms in total. The van der Waals surface area contributed by atoms with Gasteiger partial charge in [0.1, 0.15) is 0 Å². The molecule has 1 rings (SSSR count). The molecule has 0 radical (unpaired) electrons. The summed E-state index contributed by atoms with van der Waals surface area (Å²) in [6.07, 6.45) is 2.10. The van der Waals surface area contributed by atoms with Gasteiger partial charge in [0.15, 0.2) is 0 Å². The van der Waals surface area contributed by atoms with E-state index < -0.39 is 0 Å². The summed E-state index contributed by atoms with van der Waals surface area (Å²) < 4.78 is 5.13. The van der Waals surface area contributed by atoms with Gasteiger partial charge >= 0.3 is 0 Å². The standard InChI is InChI=1S/C14H29NO2/c1-5-15(6-7-17-4)10-13-12(3)8-11(2)9-14(13)16/h11-14,16H,5-10H2,1-4H3. The second-order valence-corrected chi connectivity index (χ2v) is 5.67. The van der Waals surface area contributed by atoms with Crippen molar-refractivity contribution < 1.29 is 9.84 Å². The second-order valence-electron chi connectivity index (χ2n) is 5.67. The summed E-state index contributed by atoms with van der Waals surface area (Å²) in [5, 5.41) is 10.2. The molecule has 1 aliphatic rings. The third-order valence-electron chi connectivity index (χ3n) is 4.17. The minimum atomic E-state index is -0.120. The van der Waals surface area contributed by atoms with E-state index in [0.29, 0.717) is 17.8 Å². The number of aliphatic hydroxyl groups is 1. The summed E-state index contributed by atoms with van der Waals surface area (Å²) in [5.74, 6) is 1.73. The summed E-state index contributed by atoms with van der Waals surface area (Å²) >= 11 is 0. The van der Waals surface area contributed by atoms with Gasteiger partial charge in [0.05, 0.1) is 12.7 Å². The van der Waals surface area contributed by atoms with Crippen LogP contribution in [0.3, 0.4) is 0 Å². The molecule has 0 bridgehead atoms. The first-order valence-corrected chi connectivity index (χ1v) is 6.97. The van der Waals surface area contributed by atoms with Gasteiger partial charge in [0, 0.05) is 26.1 Å². The SMILES string of the molecule is CCN(CCOC)CC1C(C)CC(C)CC1O. The molecular weight excluding hydrogens is 214 g/mol. The number of methoxy groups -OCH3 is 1. The van der Waals surface area contributed by atoms with Crippen LogP contribution in [-0.4, -0.2) is 49.5 Å². The topological polar surface area (TPSA) is 32.7 Å². The van der Waals surface area contributed by atoms with Crippen LogP contribution in [0.25, 0.3) is 0 Å². The molecular formula is C14H29NO2. The zero-order valence-electron chi connectivity index (χ0n) is 11.9. The molecule has 3 heteroatoms. The first kappa shape index (κ1) is 14.9. The van der Waals surface area contributed by atoms with Crippen molar-refractivity contribution in [2.45, 2.75) is 39.7 Å². The summed E-state index contributed by atoms with van der Waals surface area (Å²) in [6.45, 7) is 10.5. The first-order valence-electron chi connectivity index (χ1n) is 6.97. The Kier molecular flexibility index (Phi) is 6.45. The lowest BCUT2D eigenvalue weighted by Gasteiger charge is -2.39. The van der Waals surface area contributed by atoms with Crippen LogP contribution in [0.2, 0.25) is 0 Å². The summed E-state index contributed by atoms with van der Waals surface area (Å²) in [5.41, 5.74) is 0. The number of ether oxygens (including phenoxy) is 1. The van der Waals surface area contributed by atoms with Gasteiger partial charge in [-0.05, 0) is 31.2 Å². The maximum absolute atomic E-state index is 10.2. The van der Waals surface area contributed by atoms with Gasteiger partial charge < -0.3 is 14.7 Å². The molecule has 4 unspecified atom stereocenters. The van der Waals surface area contributed by atoms with Crippen LogP contribution in [0, 0.1) is 17.8 Å². The second kappa shape index (κ2) is 7.34. The van der Waals surface area contributed by atoms with Crippen molar-refractivity contribution in [1.29, 1.82) is 0 Å². The predicted molar refractivity (Wildman–Crippen MR) is 71.0 cm³/mol. The quantitative estimate of drug-likeness (QED) is 0.774. The third-order valence-corrected chi connectivity index (χ3v) is 4.17. The Balaban J connectivity index is 2.46. The van der Waals surface area contributed by atoms with E-state index in [1.165, 1.54) is 6.42 Å². The van der Waals surface area contributed by atoms with Crippen LogP contribution in [0.5, 0.6) is 0 Å². The van der Waals surface area contributed by atoms with Crippen LogP contribution in [-0.2, 0) is 4.74 Å². The molecule has 0 amide bonds. The van der Waals surface area contributed by atoms with Crippen LogP contribution in [0.1, 0.15) is 33.6 Å². The minimum Gasteiger partial charge on any atom is -0.393 e. The van der Waals surface area contributed by atoms with E-state index >= 15 is 0 Å². The number of rotatable bonds is 6. The molecule has 0 aliphatic heterocycles. The largest absolute Gasteiger partial charge is 0.393 e. The fourth-order valence-electron chi connectivity index (χ4n) is 3.07. The normalized spacial score (nSPS) is 34.2. The highest BCUT2D eigenvalue weighted by Gasteiger charge is 2.33. The van der Waals surface area contributed by atoms with Crippen molar-refractivity contribution >= 4 is 0 Å². The maximum atomic E-state index is 10.2. The van der Waals surface area contributed by atoms with E-state index in [0.717, 1.165) is 32.7 Å². The number of hydrogen-bond donors (Lipinski definition) is 1. The van der Waals surface area contributed by atoms with Crippen molar-refractivity contribution in [2.24, 2.45) is 17.8 Å². The molecule has 102 valence electrons. The fraction of sp³-hybridized carbons (Fsp3) is 1.00. The molecule has 0 aromatic heterocycles. The highest BCUT2D eigenvalue weighted by molar-refractivity contribution is 4.84. The summed E-state index contributed by atoms with van der Waals surface area (Å²) in [6, 6.07) is 0. The zero-order valence-corrected chi connectivity index (χ0v) is 11.9. The highest BCUT2D eigenvalue weighted by Crippen LogP contribution is 2.34. The van der Waals surface area contributed by atoms with Crippen LogP contribution >= 0.6 is 0 Å². The van der Waals surface area contributed by atoms with Crippen LogP contribution in [0.4, 0.5) is 0 Å². The Bertz CT molecular complexity index is 198. The van der Waals surface area contributed by atoms with Gasteiger partial charge in [-0.3, -0.25) is 0 Å². The number of hydrogen-bond acceptors (Lipinski definition) is 3. The number of aliphatic hydroxyl groups excluding tert-OH is 1. The summed E-state index contributed by atoms with van der Waals surface area (Å²) in [4.78, 5) is 2.39. The average Bonchev–Trinajstić information content (AvgIpc) is 2.27. The monoisotopic (exact) mass is 243 g/mol. The molecule has 1 saturated carbocycles. The molecule has 0 aromatic carbocycles. The van der Waals surface area contributed by atoms with E-state index in [9.17, 15) is 5.11 Å². The van der Waals surface area contributed by atoms with Crippen molar-refractivity contribution in [2.75, 3.05) is 33.4 Å². The zero-order chi connectivity index (χ0) is 12.8. The molecule has 1 N–H and O–H groups in total. The molecule has 0 heterocycles. The number of likely N-dealkylation sites (N-methyl/N-ethyl adjacent to an activating group) is 1. The Morgan fingerprint density at radius 2 is 2.00 bits per heavy atom. The predicted octanol–water partition coefficient (Wildman–Crippen LogP) is 2.00. The smallest absolute Gasteiger partial charge is 0.0589 e. The van der Waals surface area contributed by atoms with Gasteiger partial charge in [-0.2, -0.15) is 0 Å². The highest BCUT2D eigenvalue weighted by atomic mass is 16.5. The van der Waals surface area contributed by atoms with Crippen LogP contribution in [0.15, 0.2) is 0 Å². The lowest BCUT2D eigenvalue weighted by Crippen LogP contribution is -2.43. The minimum absolute atomic E-state index is 0.120. The lowest BCUT2D eigenvalue weighted by molar-refractivity contribution is -0.00431. The van der Waals surface area contributed by atoms with E-state index in [-0.39, 0.29) is 6.10 Å². The van der Waals surface area contributed by atoms with Gasteiger partial charge in [-0.25, -0.2) is 0 Å². The van der Waals surface area contributed by atoms with E-state index in [1.54, 1.807) is 7.11 Å². The molecule has 0 spiro atoms. The Hall–Kier alpha value is -0.120. The van der Waals surface area contributed by atoms with E-state index in [4.69, 9.17) is 4.74 Å². The van der Waals surface area contributed by atoms with Crippen molar-refractivity contribution in [1.82, 2.24) is 4.90 Å². The number of nitrogens with zero attached hydrogens (tertiary/aromatic N) is 1. The first-order chi connectivity index (χ1) is 8.08. The van der Waals surface area contributed by atoms with Gasteiger partial charge in [0.25, 0.3) is 0 Å². The Morgan fingerprint density at radius 3 is 2.53 bits per heavy atom. The molecule has 1 fully saturated rings. The van der Waals surface area contributed by atoms with Crippen LogP contribution < -0.4 is 0 Å². The van der Waals surface area contributed by atoms with E-state index in [1.807, 2.05) is 0 Å². The maximum Gasteiger partial charge on any atom is 0.0589 e. The molecule has 0 aromatic rings. The van der Waals surface area contributed by atoms with Gasteiger partial charge in [-0.1, -0.05) is 20.8 Å². The third kappa shape index (κ3) is 4.57. The lowest BCUT2D eigenvalue weighted by atomic mass is 9.73. The van der Waals surface area contributed by atoms with Crippen molar-refractivity contribution in [3.8, 4) is 0 Å². The van der Waals surface area contributed by atoms with Crippen molar-refractivity contribution in [3.05, 3.63) is 0 Å². The van der Waals surface area contributed by atoms with Crippen molar-refractivity contribution in [3.63, 3.8) is 0 Å².